The van der Waals surface area contributed by atoms with Crippen molar-refractivity contribution in [3.8, 4) is 11.5 Å². The highest BCUT2D eigenvalue weighted by molar-refractivity contribution is 7.08. The maximum atomic E-state index is 13.4. The number of aromatic nitrogens is 2. The first-order valence-electron chi connectivity index (χ1n) is 6.12. The van der Waals surface area contributed by atoms with E-state index in [1.165, 1.54) is 29.5 Å². The zero-order valence-electron chi connectivity index (χ0n) is 10.7. The highest BCUT2D eigenvalue weighted by Gasteiger charge is 2.13. The molecule has 0 saturated heterocycles. The number of rotatable bonds is 4. The normalized spacial score (nSPS) is 10.5. The van der Waals surface area contributed by atoms with Gasteiger partial charge in [-0.3, -0.25) is 4.79 Å². The van der Waals surface area contributed by atoms with Crippen LogP contribution in [0.1, 0.15) is 16.2 Å². The molecule has 0 spiro atoms. The summed E-state index contributed by atoms with van der Waals surface area (Å²) in [6.07, 6.45) is 0. The first kappa shape index (κ1) is 13.4. The van der Waals surface area contributed by atoms with E-state index in [1.807, 2.05) is 16.8 Å². The van der Waals surface area contributed by atoms with E-state index in [1.54, 1.807) is 6.07 Å². The van der Waals surface area contributed by atoms with E-state index in [0.717, 1.165) is 5.56 Å². The van der Waals surface area contributed by atoms with E-state index in [-0.39, 0.29) is 12.1 Å². The van der Waals surface area contributed by atoms with Gasteiger partial charge in [-0.2, -0.15) is 16.3 Å². The molecule has 21 heavy (non-hydrogen) atoms. The summed E-state index contributed by atoms with van der Waals surface area (Å²) in [5, 5.41) is 10.1. The molecule has 106 valence electrons. The second-order valence-corrected chi connectivity index (χ2v) is 4.97. The molecule has 0 atom stereocenters. The minimum Gasteiger partial charge on any atom is -0.345 e. The van der Waals surface area contributed by atoms with Gasteiger partial charge in [0.05, 0.1) is 17.7 Å². The lowest BCUT2D eigenvalue weighted by molar-refractivity contribution is 0.0945. The van der Waals surface area contributed by atoms with Gasteiger partial charge in [0.2, 0.25) is 0 Å². The molecule has 0 bridgehead atoms. The maximum Gasteiger partial charge on any atom is 0.258 e. The van der Waals surface area contributed by atoms with E-state index in [0.29, 0.717) is 11.7 Å². The summed E-state index contributed by atoms with van der Waals surface area (Å²) in [5.74, 6) is -0.357. The number of carbonyl (C=O) groups excluding carboxylic acids is 1. The van der Waals surface area contributed by atoms with Crippen molar-refractivity contribution in [2.24, 2.45) is 0 Å². The summed E-state index contributed by atoms with van der Waals surface area (Å²) >= 11 is 1.52. The van der Waals surface area contributed by atoms with Crippen LogP contribution in [0.4, 0.5) is 4.39 Å². The monoisotopic (exact) mass is 303 g/mol. The Morgan fingerprint density at radius 1 is 1.33 bits per heavy atom. The molecule has 7 heteroatoms. The van der Waals surface area contributed by atoms with Crippen molar-refractivity contribution in [3.63, 3.8) is 0 Å². The van der Waals surface area contributed by atoms with Crippen LogP contribution in [0.2, 0.25) is 0 Å². The molecule has 0 aliphatic heterocycles. The smallest absolute Gasteiger partial charge is 0.258 e. The van der Waals surface area contributed by atoms with Gasteiger partial charge in [-0.25, -0.2) is 4.39 Å². The van der Waals surface area contributed by atoms with Gasteiger partial charge in [0.15, 0.2) is 5.82 Å². The number of benzene rings is 1. The van der Waals surface area contributed by atoms with Gasteiger partial charge in [0.1, 0.15) is 5.82 Å². The van der Waals surface area contributed by atoms with Gasteiger partial charge >= 0.3 is 0 Å². The van der Waals surface area contributed by atoms with Crippen molar-refractivity contribution >= 4 is 17.2 Å². The molecule has 0 unspecified atom stereocenters. The Labute approximate surface area is 123 Å². The van der Waals surface area contributed by atoms with Crippen LogP contribution in [-0.4, -0.2) is 16.0 Å². The van der Waals surface area contributed by atoms with Gasteiger partial charge in [-0.05, 0) is 23.6 Å². The first-order valence-corrected chi connectivity index (χ1v) is 7.06. The van der Waals surface area contributed by atoms with E-state index in [4.69, 9.17) is 4.52 Å². The fourth-order valence-corrected chi connectivity index (χ4v) is 2.36. The molecule has 0 aliphatic rings. The number of hydrogen-bond acceptors (Lipinski definition) is 5. The molecule has 0 aliphatic carbocycles. The summed E-state index contributed by atoms with van der Waals surface area (Å²) in [5.41, 5.74) is 0.818. The highest BCUT2D eigenvalue weighted by atomic mass is 32.1. The zero-order valence-corrected chi connectivity index (χ0v) is 11.6. The predicted octanol–water partition coefficient (Wildman–Crippen LogP) is 2.87. The third kappa shape index (κ3) is 2.97. The molecule has 1 aromatic carbocycles. The summed E-state index contributed by atoms with van der Waals surface area (Å²) in [6, 6.07) is 7.63. The highest BCUT2D eigenvalue weighted by Crippen LogP contribution is 2.19. The Morgan fingerprint density at radius 2 is 2.19 bits per heavy atom. The molecular formula is C14H10FN3O2S. The first-order chi connectivity index (χ1) is 10.2. The minimum atomic E-state index is -0.568. The maximum absolute atomic E-state index is 13.4. The number of halogens is 1. The van der Waals surface area contributed by atoms with Gasteiger partial charge in [-0.15, -0.1) is 0 Å². The van der Waals surface area contributed by atoms with Gasteiger partial charge < -0.3 is 9.84 Å². The van der Waals surface area contributed by atoms with E-state index in [2.05, 4.69) is 15.5 Å². The van der Waals surface area contributed by atoms with E-state index >= 15 is 0 Å². The Hall–Kier alpha value is -2.54. The molecule has 0 saturated carbocycles. The van der Waals surface area contributed by atoms with Crippen LogP contribution in [0, 0.1) is 5.82 Å². The molecule has 1 N–H and O–H groups in total. The summed E-state index contributed by atoms with van der Waals surface area (Å²) in [7, 11) is 0. The van der Waals surface area contributed by atoms with Crippen LogP contribution in [-0.2, 0) is 6.54 Å². The molecular weight excluding hydrogens is 293 g/mol. The van der Waals surface area contributed by atoms with E-state index in [9.17, 15) is 9.18 Å². The Bertz CT molecular complexity index is 755. The number of hydrogen-bond donors (Lipinski definition) is 1. The lowest BCUT2D eigenvalue weighted by Crippen LogP contribution is -2.24. The SMILES string of the molecule is O=C(NCc1noc(-c2ccsc2)n1)c1ccccc1F. The molecule has 3 rings (SSSR count). The van der Waals surface area contributed by atoms with Gasteiger partial charge in [0.25, 0.3) is 11.8 Å². The number of carbonyl (C=O) groups is 1. The molecule has 1 amide bonds. The minimum absolute atomic E-state index is 0.0148. The molecule has 2 heterocycles. The second-order valence-electron chi connectivity index (χ2n) is 4.19. The molecule has 0 radical (unpaired) electrons. The zero-order chi connectivity index (χ0) is 14.7. The fraction of sp³-hybridized carbons (Fsp3) is 0.0714. The third-order valence-electron chi connectivity index (χ3n) is 2.76. The number of amides is 1. The van der Waals surface area contributed by atoms with Crippen LogP contribution in [0.5, 0.6) is 0 Å². The third-order valence-corrected chi connectivity index (χ3v) is 3.44. The standard InChI is InChI=1S/C14H10FN3O2S/c15-11-4-2-1-3-10(11)13(19)16-7-12-17-14(20-18-12)9-5-6-21-8-9/h1-6,8H,7H2,(H,16,19). The van der Waals surface area contributed by atoms with Gasteiger partial charge in [0, 0.05) is 5.38 Å². The van der Waals surface area contributed by atoms with Crippen molar-refractivity contribution in [2.75, 3.05) is 0 Å². The van der Waals surface area contributed by atoms with Crippen LogP contribution in [0.3, 0.4) is 0 Å². The summed E-state index contributed by atoms with van der Waals surface area (Å²) in [4.78, 5) is 16.0. The van der Waals surface area contributed by atoms with Crippen molar-refractivity contribution in [3.05, 3.63) is 58.3 Å². The van der Waals surface area contributed by atoms with Crippen molar-refractivity contribution in [2.45, 2.75) is 6.54 Å². The van der Waals surface area contributed by atoms with Crippen molar-refractivity contribution < 1.29 is 13.7 Å². The van der Waals surface area contributed by atoms with Crippen LogP contribution >= 0.6 is 11.3 Å². The van der Waals surface area contributed by atoms with Crippen LogP contribution in [0.15, 0.2) is 45.6 Å². The lowest BCUT2D eigenvalue weighted by atomic mass is 10.2. The Morgan fingerprint density at radius 3 is 2.95 bits per heavy atom. The molecule has 0 fully saturated rings. The number of thiophene rings is 1. The average Bonchev–Trinajstić information content (AvgIpc) is 3.16. The predicted molar refractivity (Wildman–Crippen MR) is 75.2 cm³/mol. The topological polar surface area (TPSA) is 68.0 Å². The van der Waals surface area contributed by atoms with Crippen molar-refractivity contribution in [1.82, 2.24) is 15.5 Å². The second kappa shape index (κ2) is 5.84. The Balaban J connectivity index is 1.66. The number of nitrogens with one attached hydrogen (secondary N) is 1. The molecule has 5 nitrogen and oxygen atoms in total. The fourth-order valence-electron chi connectivity index (χ4n) is 1.73. The number of nitrogens with zero attached hydrogens (tertiary/aromatic N) is 2. The molecule has 2 aromatic heterocycles. The lowest BCUT2D eigenvalue weighted by Gasteiger charge is -2.02. The van der Waals surface area contributed by atoms with Crippen molar-refractivity contribution in [1.29, 1.82) is 0 Å². The Kier molecular flexibility index (Phi) is 3.74. The van der Waals surface area contributed by atoms with Crippen LogP contribution in [0.25, 0.3) is 11.5 Å². The van der Waals surface area contributed by atoms with Gasteiger partial charge in [-0.1, -0.05) is 17.3 Å². The largest absolute Gasteiger partial charge is 0.345 e. The molecule has 3 aromatic rings. The summed E-state index contributed by atoms with van der Waals surface area (Å²) in [6.45, 7) is 0.0702. The average molecular weight is 303 g/mol. The summed E-state index contributed by atoms with van der Waals surface area (Å²) < 4.78 is 18.5. The van der Waals surface area contributed by atoms with E-state index < -0.39 is 11.7 Å². The quantitative estimate of drug-likeness (QED) is 0.804. The van der Waals surface area contributed by atoms with Crippen LogP contribution < -0.4 is 5.32 Å².